The highest BCUT2D eigenvalue weighted by Crippen LogP contribution is 2.39. The summed E-state index contributed by atoms with van der Waals surface area (Å²) in [6, 6.07) is 13.0. The van der Waals surface area contributed by atoms with Gasteiger partial charge in [0, 0.05) is 18.3 Å². The zero-order valence-corrected chi connectivity index (χ0v) is 21.0. The normalized spacial score (nSPS) is 15.4. The van der Waals surface area contributed by atoms with Gasteiger partial charge in [0.05, 0.1) is 27.7 Å². The van der Waals surface area contributed by atoms with Gasteiger partial charge in [0.2, 0.25) is 0 Å². The smallest absolute Gasteiger partial charge is 0.264 e. The van der Waals surface area contributed by atoms with Gasteiger partial charge in [-0.3, -0.25) is 9.10 Å². The van der Waals surface area contributed by atoms with Crippen molar-refractivity contribution in [2.45, 2.75) is 30.9 Å². The second-order valence-electron chi connectivity index (χ2n) is 8.53. The van der Waals surface area contributed by atoms with Crippen LogP contribution in [0.25, 0.3) is 0 Å². The van der Waals surface area contributed by atoms with Crippen LogP contribution in [0.4, 0.5) is 20.2 Å². The largest absolute Gasteiger partial charge is 0.485 e. The molecular formula is C25H24ClF2N3O4S. The highest BCUT2D eigenvalue weighted by Gasteiger charge is 2.35. The van der Waals surface area contributed by atoms with E-state index in [2.05, 4.69) is 10.6 Å². The maximum absolute atomic E-state index is 14.2. The number of hydrogen-bond acceptors (Lipinski definition) is 5. The average molecular weight is 536 g/mol. The van der Waals surface area contributed by atoms with Gasteiger partial charge < -0.3 is 15.4 Å². The minimum absolute atomic E-state index is 0.0248. The van der Waals surface area contributed by atoms with Gasteiger partial charge in [-0.05, 0) is 54.6 Å². The standard InChI is InChI=1S/C25H24ClF2N3O4S/c1-15(2)29-13-18-14-31(36(33,34)19-9-6-16(27)7-10-19)22-12-17(8-11-23(22)35-18)30-25(32)24-20(26)4-3-5-21(24)28/h3-12,15,18,29H,13-14H2,1-2H3,(H,30,32). The van der Waals surface area contributed by atoms with Crippen LogP contribution in [0.1, 0.15) is 24.2 Å². The summed E-state index contributed by atoms with van der Waals surface area (Å²) < 4.78 is 62.0. The number of rotatable bonds is 7. The van der Waals surface area contributed by atoms with Crippen LogP contribution in [0.2, 0.25) is 5.02 Å². The third kappa shape index (κ3) is 5.45. The Bertz CT molecular complexity index is 1360. The summed E-state index contributed by atoms with van der Waals surface area (Å²) in [6.07, 6.45) is -0.507. The SMILES string of the molecule is CC(C)NCC1CN(S(=O)(=O)c2ccc(F)cc2)c2cc(NC(=O)c3c(F)cccc3Cl)ccc2O1. The van der Waals surface area contributed by atoms with Crippen LogP contribution in [-0.2, 0) is 10.0 Å². The minimum Gasteiger partial charge on any atom is -0.485 e. The molecular weight excluding hydrogens is 512 g/mol. The molecule has 11 heteroatoms. The lowest BCUT2D eigenvalue weighted by Gasteiger charge is -2.36. The molecule has 4 rings (SSSR count). The highest BCUT2D eigenvalue weighted by molar-refractivity contribution is 7.92. The molecule has 0 radical (unpaired) electrons. The van der Waals surface area contributed by atoms with E-state index < -0.39 is 33.7 Å². The van der Waals surface area contributed by atoms with E-state index in [1.807, 2.05) is 13.8 Å². The van der Waals surface area contributed by atoms with E-state index in [-0.39, 0.29) is 45.2 Å². The summed E-state index contributed by atoms with van der Waals surface area (Å²) in [5.74, 6) is -1.86. The molecule has 1 aliphatic heterocycles. The Morgan fingerprint density at radius 1 is 1.14 bits per heavy atom. The number of nitrogens with zero attached hydrogens (tertiary/aromatic N) is 1. The second-order valence-corrected chi connectivity index (χ2v) is 10.8. The first kappa shape index (κ1) is 25.9. The van der Waals surface area contributed by atoms with E-state index >= 15 is 0 Å². The number of ether oxygens (including phenoxy) is 1. The number of amides is 1. The van der Waals surface area contributed by atoms with Gasteiger partial charge in [-0.2, -0.15) is 0 Å². The first-order valence-corrected chi connectivity index (χ1v) is 13.0. The number of halogens is 3. The maximum atomic E-state index is 14.2. The number of fused-ring (bicyclic) bond motifs is 1. The third-order valence-electron chi connectivity index (χ3n) is 5.49. The highest BCUT2D eigenvalue weighted by atomic mass is 35.5. The van der Waals surface area contributed by atoms with Crippen molar-refractivity contribution in [1.29, 1.82) is 0 Å². The van der Waals surface area contributed by atoms with Crippen LogP contribution >= 0.6 is 11.6 Å². The fourth-order valence-electron chi connectivity index (χ4n) is 3.73. The van der Waals surface area contributed by atoms with E-state index in [0.717, 1.165) is 22.5 Å². The van der Waals surface area contributed by atoms with Gasteiger partial charge in [0.15, 0.2) is 0 Å². The van der Waals surface area contributed by atoms with E-state index in [1.54, 1.807) is 0 Å². The second kappa shape index (κ2) is 10.4. The Balaban J connectivity index is 1.71. The van der Waals surface area contributed by atoms with Gasteiger partial charge in [-0.25, -0.2) is 17.2 Å². The van der Waals surface area contributed by atoms with E-state index in [0.29, 0.717) is 6.54 Å². The Hall–Kier alpha value is -3.21. The van der Waals surface area contributed by atoms with Crippen LogP contribution in [0, 0.1) is 11.6 Å². The van der Waals surface area contributed by atoms with Gasteiger partial charge in [0.1, 0.15) is 23.5 Å². The van der Waals surface area contributed by atoms with Crippen LogP contribution in [0.15, 0.2) is 65.6 Å². The van der Waals surface area contributed by atoms with E-state index in [9.17, 15) is 22.0 Å². The lowest BCUT2D eigenvalue weighted by Crippen LogP contribution is -2.48. The van der Waals surface area contributed by atoms with Gasteiger partial charge in [-0.1, -0.05) is 31.5 Å². The lowest BCUT2D eigenvalue weighted by atomic mass is 10.1. The first-order chi connectivity index (χ1) is 17.1. The van der Waals surface area contributed by atoms with Crippen molar-refractivity contribution in [1.82, 2.24) is 5.32 Å². The summed E-state index contributed by atoms with van der Waals surface area (Å²) in [4.78, 5) is 12.6. The Morgan fingerprint density at radius 2 is 1.86 bits per heavy atom. The molecule has 0 spiro atoms. The predicted octanol–water partition coefficient (Wildman–Crippen LogP) is 4.82. The molecule has 1 unspecified atom stereocenters. The molecule has 1 aliphatic rings. The van der Waals surface area contributed by atoms with E-state index in [4.69, 9.17) is 16.3 Å². The number of sulfonamides is 1. The predicted molar refractivity (Wildman–Crippen MR) is 134 cm³/mol. The third-order valence-corrected chi connectivity index (χ3v) is 7.60. The Morgan fingerprint density at radius 3 is 2.53 bits per heavy atom. The maximum Gasteiger partial charge on any atom is 0.264 e. The van der Waals surface area contributed by atoms with E-state index in [1.165, 1.54) is 42.5 Å². The van der Waals surface area contributed by atoms with Crippen molar-refractivity contribution >= 4 is 38.9 Å². The summed E-state index contributed by atoms with van der Waals surface area (Å²) in [7, 11) is -4.11. The Kier molecular flexibility index (Phi) is 7.49. The van der Waals surface area contributed by atoms with Crippen molar-refractivity contribution in [3.63, 3.8) is 0 Å². The molecule has 0 aromatic heterocycles. The fourth-order valence-corrected chi connectivity index (χ4v) is 5.48. The summed E-state index contributed by atoms with van der Waals surface area (Å²) in [5.41, 5.74) is 0.0565. The van der Waals surface area contributed by atoms with Crippen LogP contribution in [-0.4, -0.2) is 39.6 Å². The fraction of sp³-hybridized carbons (Fsp3) is 0.240. The molecule has 1 amide bonds. The molecule has 0 fully saturated rings. The van der Waals surface area contributed by atoms with Gasteiger partial charge in [-0.15, -0.1) is 0 Å². The van der Waals surface area contributed by atoms with Crippen molar-refractivity contribution in [3.8, 4) is 5.75 Å². The molecule has 1 heterocycles. The molecule has 36 heavy (non-hydrogen) atoms. The van der Waals surface area contributed by atoms with Gasteiger partial charge >= 0.3 is 0 Å². The quantitative estimate of drug-likeness (QED) is 0.453. The minimum atomic E-state index is -4.11. The molecule has 1 atom stereocenters. The Labute approximate surface area is 213 Å². The van der Waals surface area contributed by atoms with Crippen LogP contribution in [0.5, 0.6) is 5.75 Å². The van der Waals surface area contributed by atoms with Crippen LogP contribution in [0.3, 0.4) is 0 Å². The molecule has 0 saturated heterocycles. The monoisotopic (exact) mass is 535 g/mol. The molecule has 2 N–H and O–H groups in total. The van der Waals surface area contributed by atoms with Crippen molar-refractivity contribution in [2.24, 2.45) is 0 Å². The number of anilines is 2. The van der Waals surface area contributed by atoms with Crippen molar-refractivity contribution in [3.05, 3.63) is 82.9 Å². The lowest BCUT2D eigenvalue weighted by molar-refractivity contribution is 0.102. The topological polar surface area (TPSA) is 87.7 Å². The summed E-state index contributed by atoms with van der Waals surface area (Å²) >= 11 is 5.99. The van der Waals surface area contributed by atoms with Crippen molar-refractivity contribution < 1.29 is 26.7 Å². The number of nitrogens with one attached hydrogen (secondary N) is 2. The number of hydrogen-bond donors (Lipinski definition) is 2. The number of carbonyl (C=O) groups excluding carboxylic acids is 1. The average Bonchev–Trinajstić information content (AvgIpc) is 2.82. The first-order valence-electron chi connectivity index (χ1n) is 11.1. The molecule has 3 aromatic rings. The zero-order chi connectivity index (χ0) is 26.0. The molecule has 190 valence electrons. The summed E-state index contributed by atoms with van der Waals surface area (Å²) in [6.45, 7) is 4.28. The van der Waals surface area contributed by atoms with Crippen LogP contribution < -0.4 is 19.7 Å². The molecule has 0 aliphatic carbocycles. The molecule has 0 bridgehead atoms. The molecule has 3 aromatic carbocycles. The van der Waals surface area contributed by atoms with Crippen molar-refractivity contribution in [2.75, 3.05) is 22.7 Å². The summed E-state index contributed by atoms with van der Waals surface area (Å²) in [5, 5.41) is 5.73. The zero-order valence-electron chi connectivity index (χ0n) is 19.5. The molecule has 0 saturated carbocycles. The number of carbonyl (C=O) groups is 1. The van der Waals surface area contributed by atoms with Gasteiger partial charge in [0.25, 0.3) is 15.9 Å². The number of benzene rings is 3. The molecule has 7 nitrogen and oxygen atoms in total.